The molecule has 2 amide bonds. The molecular weight excluding hydrogens is 417 g/mol. The second kappa shape index (κ2) is 8.33. The Kier molecular flexibility index (Phi) is 5.70. The molecule has 1 fully saturated rings. The van der Waals surface area contributed by atoms with E-state index in [1.807, 2.05) is 0 Å². The van der Waals surface area contributed by atoms with Crippen LogP contribution in [-0.2, 0) is 19.9 Å². The molecule has 4 rings (SSSR count). The van der Waals surface area contributed by atoms with Crippen molar-refractivity contribution in [2.45, 2.75) is 38.0 Å². The third kappa shape index (κ3) is 3.63. The monoisotopic (exact) mass is 441 g/mol. The van der Waals surface area contributed by atoms with Gasteiger partial charge in [0.2, 0.25) is 11.8 Å². The summed E-state index contributed by atoms with van der Waals surface area (Å²) in [4.78, 5) is 38.2. The molecule has 1 spiro atoms. The number of aliphatic hydroxyl groups is 1. The molecule has 0 aromatic heterocycles. The summed E-state index contributed by atoms with van der Waals surface area (Å²) in [5.41, 5.74) is 0.0259. The molecule has 9 heteroatoms. The number of carbonyl (C=O) groups excluding carboxylic acids is 3. The van der Waals surface area contributed by atoms with Gasteiger partial charge < -0.3 is 20.5 Å². The van der Waals surface area contributed by atoms with Crippen LogP contribution in [0.5, 0.6) is 0 Å². The number of rotatable bonds is 5. The van der Waals surface area contributed by atoms with E-state index < -0.39 is 47.2 Å². The Labute approximate surface area is 184 Å². The van der Waals surface area contributed by atoms with Gasteiger partial charge in [0.1, 0.15) is 11.4 Å². The van der Waals surface area contributed by atoms with Gasteiger partial charge in [0.25, 0.3) is 0 Å². The number of hydrogen-bond donors (Lipinski definition) is 4. The lowest BCUT2D eigenvalue weighted by molar-refractivity contribution is -0.130. The maximum atomic E-state index is 14.1. The Morgan fingerprint density at radius 3 is 2.66 bits per heavy atom. The zero-order valence-electron chi connectivity index (χ0n) is 17.6. The maximum Gasteiger partial charge on any atom is 0.338 e. The van der Waals surface area contributed by atoms with Crippen LogP contribution in [0.1, 0.15) is 36.2 Å². The van der Waals surface area contributed by atoms with Gasteiger partial charge in [-0.2, -0.15) is 0 Å². The average Bonchev–Trinajstić information content (AvgIpc) is 3.29. The number of amides is 2. The van der Waals surface area contributed by atoms with E-state index in [1.165, 1.54) is 30.3 Å². The summed E-state index contributed by atoms with van der Waals surface area (Å²) >= 11 is 0. The summed E-state index contributed by atoms with van der Waals surface area (Å²) in [6, 6.07) is 9.57. The summed E-state index contributed by atoms with van der Waals surface area (Å²) < 4.78 is 19.0. The summed E-state index contributed by atoms with van der Waals surface area (Å²) in [6.45, 7) is 3.53. The molecule has 2 aromatic carbocycles. The predicted molar refractivity (Wildman–Crippen MR) is 114 cm³/mol. The fraction of sp³-hybridized carbons (Fsp3) is 0.348. The van der Waals surface area contributed by atoms with Crippen LogP contribution in [0.4, 0.5) is 15.8 Å². The van der Waals surface area contributed by atoms with Crippen molar-refractivity contribution in [3.8, 4) is 0 Å². The van der Waals surface area contributed by atoms with Crippen molar-refractivity contribution in [3.05, 3.63) is 59.4 Å². The third-order valence-electron chi connectivity index (χ3n) is 6.00. The molecule has 32 heavy (non-hydrogen) atoms. The number of ether oxygens (including phenoxy) is 1. The van der Waals surface area contributed by atoms with Crippen LogP contribution >= 0.6 is 0 Å². The first-order valence-electron chi connectivity index (χ1n) is 10.4. The molecule has 0 aliphatic carbocycles. The van der Waals surface area contributed by atoms with Crippen LogP contribution in [0.3, 0.4) is 0 Å². The van der Waals surface area contributed by atoms with E-state index in [0.29, 0.717) is 22.5 Å². The summed E-state index contributed by atoms with van der Waals surface area (Å²) in [5.74, 6) is -2.84. The lowest BCUT2D eigenvalue weighted by Crippen LogP contribution is -2.53. The Bertz CT molecular complexity index is 1070. The summed E-state index contributed by atoms with van der Waals surface area (Å²) in [7, 11) is 0. The van der Waals surface area contributed by atoms with Gasteiger partial charge in [-0.3, -0.25) is 14.9 Å². The smallest absolute Gasteiger partial charge is 0.338 e. The normalized spacial score (nSPS) is 24.7. The number of nitrogens with one attached hydrogen (secondary N) is 3. The predicted octanol–water partition coefficient (Wildman–Crippen LogP) is 2.15. The minimum Gasteiger partial charge on any atom is -0.462 e. The highest BCUT2D eigenvalue weighted by Crippen LogP contribution is 2.47. The number of aliphatic hydroxyl groups excluding tert-OH is 1. The minimum absolute atomic E-state index is 0.174. The third-order valence-corrected chi connectivity index (χ3v) is 6.00. The molecule has 0 saturated carbocycles. The molecule has 0 radical (unpaired) electrons. The van der Waals surface area contributed by atoms with E-state index in [0.717, 1.165) is 0 Å². The molecule has 1 saturated heterocycles. The number of hydrogen-bond acceptors (Lipinski definition) is 6. The van der Waals surface area contributed by atoms with Crippen LogP contribution in [-0.4, -0.2) is 41.6 Å². The van der Waals surface area contributed by atoms with Crippen molar-refractivity contribution in [1.82, 2.24) is 5.32 Å². The maximum absolute atomic E-state index is 14.1. The molecule has 168 valence electrons. The molecule has 2 heterocycles. The number of anilines is 2. The molecule has 2 aliphatic heterocycles. The van der Waals surface area contributed by atoms with E-state index in [-0.39, 0.29) is 13.0 Å². The van der Waals surface area contributed by atoms with Gasteiger partial charge in [-0.15, -0.1) is 0 Å². The fourth-order valence-electron chi connectivity index (χ4n) is 4.42. The second-order valence-electron chi connectivity index (χ2n) is 8.02. The van der Waals surface area contributed by atoms with Gasteiger partial charge in [-0.1, -0.05) is 0 Å². The van der Waals surface area contributed by atoms with Crippen LogP contribution in [0.2, 0.25) is 0 Å². The highest BCUT2D eigenvalue weighted by molar-refractivity contribution is 6.10. The quantitative estimate of drug-likeness (QED) is 0.529. The molecule has 0 unspecified atom stereocenters. The Balaban J connectivity index is 1.64. The first-order valence-corrected chi connectivity index (χ1v) is 10.4. The number of esters is 1. The largest absolute Gasteiger partial charge is 0.462 e. The molecular formula is C23H24FN3O5. The van der Waals surface area contributed by atoms with Gasteiger partial charge in [0.15, 0.2) is 0 Å². The average molecular weight is 441 g/mol. The van der Waals surface area contributed by atoms with Gasteiger partial charge in [0, 0.05) is 23.0 Å². The highest BCUT2D eigenvalue weighted by atomic mass is 19.1. The van der Waals surface area contributed by atoms with E-state index in [1.54, 1.807) is 26.0 Å². The summed E-state index contributed by atoms with van der Waals surface area (Å²) in [5, 5.41) is 18.7. The number of fused-ring (bicyclic) bond motifs is 2. The van der Waals surface area contributed by atoms with Crippen LogP contribution < -0.4 is 16.0 Å². The molecule has 0 bridgehead atoms. The van der Waals surface area contributed by atoms with Crippen molar-refractivity contribution in [2.24, 2.45) is 5.92 Å². The number of carbonyl (C=O) groups is 3. The zero-order valence-corrected chi connectivity index (χ0v) is 17.6. The standard InChI is InChI=1S/C23H24FN3O5/c1-3-32-21(30)13-4-7-15(8-5-13)25-20(29)17-11-19(12(2)28)27-23(17)16-10-14(24)6-9-18(16)26-22(23)31/h4-10,12,17,19,27-28H,3,11H2,1-2H3,(H,25,29)(H,26,31)/t12-,17+,19+,23+/m1/s1. The molecule has 4 N–H and O–H groups in total. The Morgan fingerprint density at radius 1 is 1.28 bits per heavy atom. The Morgan fingerprint density at radius 2 is 2.00 bits per heavy atom. The van der Waals surface area contributed by atoms with E-state index in [9.17, 15) is 23.9 Å². The van der Waals surface area contributed by atoms with Crippen molar-refractivity contribution >= 4 is 29.2 Å². The van der Waals surface area contributed by atoms with Crippen molar-refractivity contribution in [3.63, 3.8) is 0 Å². The first-order chi connectivity index (χ1) is 15.3. The van der Waals surface area contributed by atoms with Crippen LogP contribution in [0.25, 0.3) is 0 Å². The van der Waals surface area contributed by atoms with Crippen LogP contribution in [0.15, 0.2) is 42.5 Å². The van der Waals surface area contributed by atoms with Gasteiger partial charge in [-0.05, 0) is 62.7 Å². The fourth-order valence-corrected chi connectivity index (χ4v) is 4.42. The van der Waals surface area contributed by atoms with Crippen molar-refractivity contribution < 1.29 is 28.6 Å². The van der Waals surface area contributed by atoms with Crippen molar-refractivity contribution in [1.29, 1.82) is 0 Å². The van der Waals surface area contributed by atoms with Crippen LogP contribution in [0, 0.1) is 11.7 Å². The van der Waals surface area contributed by atoms with E-state index >= 15 is 0 Å². The lowest BCUT2D eigenvalue weighted by Gasteiger charge is -2.29. The topological polar surface area (TPSA) is 117 Å². The molecule has 8 nitrogen and oxygen atoms in total. The SMILES string of the molecule is CCOC(=O)c1ccc(NC(=O)[C@@H]2C[C@@H]([C@@H](C)O)N[C@]23C(=O)Nc2ccc(F)cc23)cc1. The van der Waals surface area contributed by atoms with Gasteiger partial charge in [0.05, 0.1) is 24.2 Å². The second-order valence-corrected chi connectivity index (χ2v) is 8.02. The van der Waals surface area contributed by atoms with E-state index in [2.05, 4.69) is 16.0 Å². The van der Waals surface area contributed by atoms with Gasteiger partial charge in [-0.25, -0.2) is 9.18 Å². The van der Waals surface area contributed by atoms with Crippen molar-refractivity contribution in [2.75, 3.05) is 17.2 Å². The van der Waals surface area contributed by atoms with E-state index in [4.69, 9.17) is 4.74 Å². The minimum atomic E-state index is -1.51. The molecule has 2 aliphatic rings. The first kappa shape index (κ1) is 21.9. The molecule has 2 aromatic rings. The lowest BCUT2D eigenvalue weighted by atomic mass is 9.79. The van der Waals surface area contributed by atoms with Gasteiger partial charge >= 0.3 is 5.97 Å². The number of benzene rings is 2. The summed E-state index contributed by atoms with van der Waals surface area (Å²) in [6.07, 6.45) is -0.660. The molecule has 4 atom stereocenters. The Hall–Kier alpha value is -3.30. The number of halogens is 1. The zero-order chi connectivity index (χ0) is 23.0. The highest BCUT2D eigenvalue weighted by Gasteiger charge is 2.60.